The van der Waals surface area contributed by atoms with Gasteiger partial charge in [0.1, 0.15) is 0 Å². The second kappa shape index (κ2) is 5.43. The Kier molecular flexibility index (Phi) is 5.24. The molecule has 0 aromatic heterocycles. The quantitative estimate of drug-likeness (QED) is 0.361. The van der Waals surface area contributed by atoms with E-state index in [9.17, 15) is 0 Å². The molecular weight excluding hydrogens is 119 g/mol. The molecule has 10 heavy (non-hydrogen) atoms. The minimum Gasteiger partial charge on any atom is -0.417 e. The third-order valence-corrected chi connectivity index (χ3v) is 1.05. The van der Waals surface area contributed by atoms with Gasteiger partial charge in [0.25, 0.3) is 0 Å². The molecule has 1 aromatic carbocycles. The molecule has 0 aliphatic heterocycles. The number of benzene rings is 1. The Labute approximate surface area is 73.6 Å². The Balaban J connectivity index is 0.000000810. The molecule has 0 spiro atoms. The molecule has 1 nitrogen and oxygen atoms in total. The molecule has 0 unspecified atom stereocenters. The van der Waals surface area contributed by atoms with E-state index in [1.165, 1.54) is 0 Å². The summed E-state index contributed by atoms with van der Waals surface area (Å²) < 4.78 is 4.80. The van der Waals surface area contributed by atoms with Crippen molar-refractivity contribution in [1.29, 1.82) is 0 Å². The van der Waals surface area contributed by atoms with Crippen molar-refractivity contribution in [2.75, 3.05) is 7.11 Å². The molecule has 0 fully saturated rings. The van der Waals surface area contributed by atoms with Crippen LogP contribution in [0.25, 0.3) is 0 Å². The summed E-state index contributed by atoms with van der Waals surface area (Å²) in [5.74, 6) is 0. The standard InChI is InChI=1S/C8H9O.Li/c1-9-7-8-5-3-2-4-6-8;/h2-7H,1H3;/q-1;+1. The van der Waals surface area contributed by atoms with Gasteiger partial charge < -0.3 is 4.74 Å². The molecule has 0 radical (unpaired) electrons. The van der Waals surface area contributed by atoms with Gasteiger partial charge in [-0.2, -0.15) is 17.7 Å². The van der Waals surface area contributed by atoms with Gasteiger partial charge in [0.05, 0.1) is 0 Å². The predicted molar refractivity (Wildman–Crippen MR) is 36.9 cm³/mol. The first kappa shape index (κ1) is 9.65. The molecule has 1 rings (SSSR count). The molecule has 0 heterocycles. The molecule has 0 N–H and O–H groups in total. The van der Waals surface area contributed by atoms with E-state index < -0.39 is 0 Å². The van der Waals surface area contributed by atoms with Crippen molar-refractivity contribution in [2.24, 2.45) is 0 Å². The predicted octanol–water partition coefficient (Wildman–Crippen LogP) is -1.15. The smallest absolute Gasteiger partial charge is 0.417 e. The first-order chi connectivity index (χ1) is 4.43. The topological polar surface area (TPSA) is 9.23 Å². The van der Waals surface area contributed by atoms with Crippen molar-refractivity contribution in [3.05, 3.63) is 42.5 Å². The van der Waals surface area contributed by atoms with E-state index >= 15 is 0 Å². The first-order valence-corrected chi connectivity index (χ1v) is 2.84. The van der Waals surface area contributed by atoms with Crippen LogP contribution in [0.15, 0.2) is 30.3 Å². The number of methoxy groups -OCH3 is 1. The van der Waals surface area contributed by atoms with Gasteiger partial charge in [0, 0.05) is 7.11 Å². The van der Waals surface area contributed by atoms with Crippen LogP contribution in [-0.4, -0.2) is 7.11 Å². The summed E-state index contributed by atoms with van der Waals surface area (Å²) in [5, 5.41) is 0. The zero-order valence-corrected chi connectivity index (χ0v) is 6.37. The van der Waals surface area contributed by atoms with E-state index in [1.807, 2.05) is 30.3 Å². The Hall–Kier alpha value is -0.353. The molecule has 1 aromatic rings. The number of ether oxygens (including phenoxy) is 1. The van der Waals surface area contributed by atoms with Gasteiger partial charge in [0.15, 0.2) is 0 Å². The Morgan fingerprint density at radius 2 is 1.80 bits per heavy atom. The Morgan fingerprint density at radius 3 is 2.30 bits per heavy atom. The van der Waals surface area contributed by atoms with E-state index in [-0.39, 0.29) is 18.9 Å². The molecule has 0 atom stereocenters. The van der Waals surface area contributed by atoms with Gasteiger partial charge in [-0.25, -0.2) is 0 Å². The van der Waals surface area contributed by atoms with Crippen LogP contribution in [0.1, 0.15) is 5.56 Å². The van der Waals surface area contributed by atoms with Gasteiger partial charge in [-0.15, -0.1) is 12.1 Å². The normalized spacial score (nSPS) is 8.10. The van der Waals surface area contributed by atoms with Crippen LogP contribution in [0, 0.1) is 6.61 Å². The van der Waals surface area contributed by atoms with E-state index in [0.29, 0.717) is 0 Å². The van der Waals surface area contributed by atoms with Crippen LogP contribution in [0.3, 0.4) is 0 Å². The summed E-state index contributed by atoms with van der Waals surface area (Å²) in [5.41, 5.74) is 1.10. The minimum absolute atomic E-state index is 0. The zero-order chi connectivity index (χ0) is 6.53. The molecule has 0 bridgehead atoms. The van der Waals surface area contributed by atoms with Crippen LogP contribution in [0.5, 0.6) is 0 Å². The van der Waals surface area contributed by atoms with Gasteiger partial charge >= 0.3 is 18.9 Å². The third-order valence-electron chi connectivity index (χ3n) is 1.05. The maximum atomic E-state index is 4.80. The summed E-state index contributed by atoms with van der Waals surface area (Å²) in [4.78, 5) is 0. The van der Waals surface area contributed by atoms with E-state index in [2.05, 4.69) is 0 Å². The fraction of sp³-hybridized carbons (Fsp3) is 0.125. The molecular formula is C8H9LiO. The van der Waals surface area contributed by atoms with Crippen LogP contribution in [-0.2, 0) is 4.74 Å². The monoisotopic (exact) mass is 128 g/mol. The Bertz CT molecular complexity index is 162. The van der Waals surface area contributed by atoms with Gasteiger partial charge in [-0.1, -0.05) is 12.7 Å². The fourth-order valence-corrected chi connectivity index (χ4v) is 0.668. The van der Waals surface area contributed by atoms with Gasteiger partial charge in [0.2, 0.25) is 0 Å². The number of hydrogen-bond donors (Lipinski definition) is 0. The average molecular weight is 128 g/mol. The maximum absolute atomic E-state index is 4.80. The number of rotatable bonds is 2. The SMILES string of the molecule is CO[CH-]c1ccccc1.[Li+]. The van der Waals surface area contributed by atoms with Crippen molar-refractivity contribution >= 4 is 0 Å². The summed E-state index contributed by atoms with van der Waals surface area (Å²) in [6.07, 6.45) is 0. The van der Waals surface area contributed by atoms with E-state index in [4.69, 9.17) is 4.74 Å². The first-order valence-electron chi connectivity index (χ1n) is 2.84. The average Bonchev–Trinajstić information content (AvgIpc) is 1.91. The maximum Gasteiger partial charge on any atom is 1.00 e. The van der Waals surface area contributed by atoms with E-state index in [1.54, 1.807) is 13.7 Å². The van der Waals surface area contributed by atoms with Gasteiger partial charge in [-0.3, -0.25) is 0 Å². The molecule has 0 aliphatic rings. The van der Waals surface area contributed by atoms with E-state index in [0.717, 1.165) is 5.56 Å². The van der Waals surface area contributed by atoms with Crippen LogP contribution in [0.4, 0.5) is 0 Å². The minimum atomic E-state index is 0. The largest absolute Gasteiger partial charge is 1.00 e. The van der Waals surface area contributed by atoms with Crippen molar-refractivity contribution < 1.29 is 23.6 Å². The third kappa shape index (κ3) is 2.98. The number of hydrogen-bond acceptors (Lipinski definition) is 1. The molecule has 48 valence electrons. The van der Waals surface area contributed by atoms with Crippen molar-refractivity contribution in [3.8, 4) is 0 Å². The second-order valence-corrected chi connectivity index (χ2v) is 1.76. The van der Waals surface area contributed by atoms with Crippen LogP contribution >= 0.6 is 0 Å². The van der Waals surface area contributed by atoms with Crippen LogP contribution < -0.4 is 18.9 Å². The van der Waals surface area contributed by atoms with Crippen LogP contribution in [0.2, 0.25) is 0 Å². The molecule has 2 heteroatoms. The molecule has 0 amide bonds. The zero-order valence-electron chi connectivity index (χ0n) is 6.37. The van der Waals surface area contributed by atoms with Crippen molar-refractivity contribution in [3.63, 3.8) is 0 Å². The molecule has 0 aliphatic carbocycles. The summed E-state index contributed by atoms with van der Waals surface area (Å²) >= 11 is 0. The summed E-state index contributed by atoms with van der Waals surface area (Å²) in [7, 11) is 1.65. The second-order valence-electron chi connectivity index (χ2n) is 1.76. The van der Waals surface area contributed by atoms with Gasteiger partial charge in [-0.05, 0) is 0 Å². The summed E-state index contributed by atoms with van der Waals surface area (Å²) in [6.45, 7) is 1.71. The van der Waals surface area contributed by atoms with Crippen molar-refractivity contribution in [1.82, 2.24) is 0 Å². The van der Waals surface area contributed by atoms with Crippen molar-refractivity contribution in [2.45, 2.75) is 0 Å². The Morgan fingerprint density at radius 1 is 1.20 bits per heavy atom. The summed E-state index contributed by atoms with van der Waals surface area (Å²) in [6, 6.07) is 9.91. The fourth-order valence-electron chi connectivity index (χ4n) is 0.668. The molecule has 0 saturated carbocycles. The molecule has 0 saturated heterocycles.